The van der Waals surface area contributed by atoms with Crippen molar-refractivity contribution in [2.45, 2.75) is 6.42 Å². The molecule has 0 spiro atoms. The number of para-hydroxylation sites is 1. The van der Waals surface area contributed by atoms with Gasteiger partial charge in [0.05, 0.1) is 6.54 Å². The average molecular weight is 471 g/mol. The molecule has 8 nitrogen and oxygen atoms in total. The van der Waals surface area contributed by atoms with E-state index < -0.39 is 17.2 Å². The van der Waals surface area contributed by atoms with E-state index in [1.807, 2.05) is 0 Å². The Bertz CT molecular complexity index is 1140. The molecule has 9 heteroatoms. The van der Waals surface area contributed by atoms with Crippen LogP contribution in [0.5, 0.6) is 0 Å². The Labute approximate surface area is 180 Å². The molecule has 4 N–H and O–H groups in total. The number of hydrogen-bond donors (Lipinski definition) is 4. The van der Waals surface area contributed by atoms with Crippen LogP contribution in [0.4, 0.5) is 5.69 Å². The summed E-state index contributed by atoms with van der Waals surface area (Å²) in [6.45, 7) is -0.187. The van der Waals surface area contributed by atoms with Crippen LogP contribution in [-0.2, 0) is 9.59 Å². The topological polar surface area (TPSA) is 120 Å². The van der Waals surface area contributed by atoms with E-state index >= 15 is 0 Å². The minimum Gasteiger partial charge on any atom is -0.360 e. The molecule has 0 bridgehead atoms. The summed E-state index contributed by atoms with van der Waals surface area (Å²) in [5.74, 6) is -1.36. The van der Waals surface area contributed by atoms with Crippen molar-refractivity contribution < 1.29 is 14.4 Å². The second-order valence-corrected chi connectivity index (χ2v) is 7.33. The van der Waals surface area contributed by atoms with Crippen molar-refractivity contribution in [2.75, 3.05) is 18.4 Å². The maximum absolute atomic E-state index is 12.4. The highest BCUT2D eigenvalue weighted by molar-refractivity contribution is 9.10. The summed E-state index contributed by atoms with van der Waals surface area (Å²) in [6, 6.07) is 14.0. The highest BCUT2D eigenvalue weighted by Crippen LogP contribution is 2.14. The number of pyridine rings is 1. The molecule has 0 atom stereocenters. The molecule has 2 aromatic carbocycles. The summed E-state index contributed by atoms with van der Waals surface area (Å²) in [5.41, 5.74) is 0.794. The van der Waals surface area contributed by atoms with E-state index in [0.717, 1.165) is 4.47 Å². The molecule has 0 fully saturated rings. The third-order valence-corrected chi connectivity index (χ3v) is 4.77. The molecule has 30 heavy (non-hydrogen) atoms. The zero-order valence-electron chi connectivity index (χ0n) is 15.8. The number of aromatic amines is 1. The SMILES string of the molecule is O=C(CNC(=O)c1c[nH]c2ccccc2c1=O)NCCC(=O)Nc1ccc(Br)cc1. The minimum absolute atomic E-state index is 0.0737. The normalized spacial score (nSPS) is 10.4. The lowest BCUT2D eigenvalue weighted by atomic mass is 10.1. The van der Waals surface area contributed by atoms with Crippen LogP contribution >= 0.6 is 15.9 Å². The number of anilines is 1. The molecule has 0 aliphatic carbocycles. The Morgan fingerprint density at radius 2 is 1.67 bits per heavy atom. The van der Waals surface area contributed by atoms with E-state index in [4.69, 9.17) is 0 Å². The highest BCUT2D eigenvalue weighted by atomic mass is 79.9. The van der Waals surface area contributed by atoms with Gasteiger partial charge in [-0.2, -0.15) is 0 Å². The molecule has 1 heterocycles. The number of hydrogen-bond acceptors (Lipinski definition) is 4. The van der Waals surface area contributed by atoms with Gasteiger partial charge in [0, 0.05) is 40.2 Å². The number of carbonyl (C=O) groups is 3. The number of nitrogens with one attached hydrogen (secondary N) is 4. The van der Waals surface area contributed by atoms with Gasteiger partial charge in [-0.15, -0.1) is 0 Å². The van der Waals surface area contributed by atoms with Gasteiger partial charge in [-0.05, 0) is 36.4 Å². The number of fused-ring (bicyclic) bond motifs is 1. The van der Waals surface area contributed by atoms with Crippen LogP contribution in [0.15, 0.2) is 64.0 Å². The highest BCUT2D eigenvalue weighted by Gasteiger charge is 2.14. The first-order valence-electron chi connectivity index (χ1n) is 9.15. The summed E-state index contributed by atoms with van der Waals surface area (Å²) in [7, 11) is 0. The van der Waals surface area contributed by atoms with Gasteiger partial charge in [0.25, 0.3) is 5.91 Å². The monoisotopic (exact) mass is 470 g/mol. The molecule has 0 saturated carbocycles. The maximum atomic E-state index is 12.4. The van der Waals surface area contributed by atoms with Gasteiger partial charge in [-0.25, -0.2) is 0 Å². The van der Waals surface area contributed by atoms with Crippen molar-refractivity contribution in [3.63, 3.8) is 0 Å². The van der Waals surface area contributed by atoms with Gasteiger partial charge in [0.2, 0.25) is 17.2 Å². The second-order valence-electron chi connectivity index (χ2n) is 6.41. The largest absolute Gasteiger partial charge is 0.360 e. The molecule has 3 aromatic rings. The molecule has 0 saturated heterocycles. The van der Waals surface area contributed by atoms with Gasteiger partial charge >= 0.3 is 0 Å². The van der Waals surface area contributed by atoms with Crippen LogP contribution in [0.25, 0.3) is 10.9 Å². The summed E-state index contributed by atoms with van der Waals surface area (Å²) >= 11 is 3.31. The lowest BCUT2D eigenvalue weighted by Gasteiger charge is -2.08. The first-order valence-corrected chi connectivity index (χ1v) is 9.94. The Morgan fingerprint density at radius 3 is 2.43 bits per heavy atom. The first-order chi connectivity index (χ1) is 14.4. The number of halogens is 1. The molecular weight excluding hydrogens is 452 g/mol. The van der Waals surface area contributed by atoms with Crippen molar-refractivity contribution in [3.8, 4) is 0 Å². The Morgan fingerprint density at radius 1 is 0.933 bits per heavy atom. The van der Waals surface area contributed by atoms with Crippen molar-refractivity contribution >= 4 is 50.2 Å². The molecule has 3 rings (SSSR count). The van der Waals surface area contributed by atoms with Gasteiger partial charge in [0.1, 0.15) is 5.56 Å². The number of benzene rings is 2. The van der Waals surface area contributed by atoms with Crippen LogP contribution in [0.3, 0.4) is 0 Å². The fourth-order valence-electron chi connectivity index (χ4n) is 2.73. The van der Waals surface area contributed by atoms with Crippen molar-refractivity contribution in [3.05, 3.63) is 75.0 Å². The van der Waals surface area contributed by atoms with Crippen LogP contribution < -0.4 is 21.4 Å². The fraction of sp³-hybridized carbons (Fsp3) is 0.143. The zero-order chi connectivity index (χ0) is 21.5. The number of amides is 3. The molecule has 1 aromatic heterocycles. The third-order valence-electron chi connectivity index (χ3n) is 4.24. The molecule has 0 radical (unpaired) electrons. The summed E-state index contributed by atoms with van der Waals surface area (Å²) in [4.78, 5) is 51.3. The van der Waals surface area contributed by atoms with E-state index in [1.165, 1.54) is 6.20 Å². The zero-order valence-corrected chi connectivity index (χ0v) is 17.4. The standard InChI is InChI=1S/C21H19BrN4O4/c22-13-5-7-14(8-6-13)26-18(27)9-10-23-19(28)12-25-21(30)16-11-24-17-4-2-1-3-15(17)20(16)29/h1-8,11H,9-10,12H2,(H,23,28)(H,24,29)(H,25,30)(H,26,27). The van der Waals surface area contributed by atoms with Crippen LogP contribution in [0.1, 0.15) is 16.8 Å². The van der Waals surface area contributed by atoms with Gasteiger partial charge < -0.3 is 20.9 Å². The molecule has 0 aliphatic heterocycles. The Kier molecular flexibility index (Phi) is 6.97. The predicted molar refractivity (Wildman–Crippen MR) is 117 cm³/mol. The van der Waals surface area contributed by atoms with Crippen LogP contribution in [0, 0.1) is 0 Å². The van der Waals surface area contributed by atoms with Gasteiger partial charge in [-0.1, -0.05) is 28.1 Å². The van der Waals surface area contributed by atoms with E-state index in [1.54, 1.807) is 48.5 Å². The van der Waals surface area contributed by atoms with Crippen molar-refractivity contribution in [2.24, 2.45) is 0 Å². The molecular formula is C21H19BrN4O4. The van der Waals surface area contributed by atoms with Gasteiger partial charge in [0.15, 0.2) is 0 Å². The Balaban J connectivity index is 1.44. The van der Waals surface area contributed by atoms with E-state index in [2.05, 4.69) is 36.9 Å². The average Bonchev–Trinajstić information content (AvgIpc) is 2.74. The summed E-state index contributed by atoms with van der Waals surface area (Å²) in [5, 5.41) is 8.07. The van der Waals surface area contributed by atoms with Crippen molar-refractivity contribution in [1.82, 2.24) is 15.6 Å². The second kappa shape index (κ2) is 9.84. The number of H-pyrrole nitrogens is 1. The van der Waals surface area contributed by atoms with Crippen LogP contribution in [0.2, 0.25) is 0 Å². The molecule has 0 aliphatic rings. The van der Waals surface area contributed by atoms with E-state index in [9.17, 15) is 19.2 Å². The molecule has 154 valence electrons. The van der Waals surface area contributed by atoms with Crippen molar-refractivity contribution in [1.29, 1.82) is 0 Å². The predicted octanol–water partition coefficient (Wildman–Crippen LogP) is 2.17. The maximum Gasteiger partial charge on any atom is 0.257 e. The fourth-order valence-corrected chi connectivity index (χ4v) is 2.99. The third kappa shape index (κ3) is 5.54. The molecule has 0 unspecified atom stereocenters. The summed E-state index contributed by atoms with van der Waals surface area (Å²) in [6.07, 6.45) is 1.41. The van der Waals surface area contributed by atoms with Crippen LogP contribution in [-0.4, -0.2) is 35.8 Å². The summed E-state index contributed by atoms with van der Waals surface area (Å²) < 4.78 is 0.903. The number of rotatable bonds is 7. The minimum atomic E-state index is -0.648. The van der Waals surface area contributed by atoms with E-state index in [-0.39, 0.29) is 31.0 Å². The Hall–Kier alpha value is -3.46. The smallest absolute Gasteiger partial charge is 0.257 e. The quantitative estimate of drug-likeness (QED) is 0.422. The first kappa shape index (κ1) is 21.3. The number of carbonyl (C=O) groups excluding carboxylic acids is 3. The lowest BCUT2D eigenvalue weighted by Crippen LogP contribution is -2.39. The number of aromatic nitrogens is 1. The van der Waals surface area contributed by atoms with Gasteiger partial charge in [-0.3, -0.25) is 19.2 Å². The lowest BCUT2D eigenvalue weighted by molar-refractivity contribution is -0.120. The van der Waals surface area contributed by atoms with E-state index in [0.29, 0.717) is 16.6 Å². The molecule has 3 amide bonds.